The van der Waals surface area contributed by atoms with Gasteiger partial charge >= 0.3 is 0 Å². The Morgan fingerprint density at radius 1 is 1.21 bits per heavy atom. The van der Waals surface area contributed by atoms with Gasteiger partial charge in [-0.25, -0.2) is 0 Å². The van der Waals surface area contributed by atoms with Gasteiger partial charge in [0.15, 0.2) is 0 Å². The number of nitrogens with one attached hydrogen (secondary N) is 2. The van der Waals surface area contributed by atoms with Crippen molar-refractivity contribution in [1.29, 1.82) is 5.41 Å². The summed E-state index contributed by atoms with van der Waals surface area (Å²) in [6, 6.07) is 16.4. The van der Waals surface area contributed by atoms with Crippen LogP contribution < -0.4 is 11.1 Å². The van der Waals surface area contributed by atoms with E-state index in [0.717, 1.165) is 11.1 Å². The van der Waals surface area contributed by atoms with Crippen LogP contribution in [0.25, 0.3) is 11.4 Å². The molecule has 0 aliphatic heterocycles. The Kier molecular flexibility index (Phi) is 6.13. The normalized spacial score (nSPS) is 11.8. The number of amides is 1. The van der Waals surface area contributed by atoms with Gasteiger partial charge in [-0.15, -0.1) is 0 Å². The standard InChI is InChI=1S/C20H21N5O3/c1-2-27-16(20-24-18(25-28-20)15-6-4-3-5-7-15)19(26)23-12-13-8-10-14(11-9-13)17(21)22/h3-11,16H,2,12H2,1H3,(H3,21,22)(H,23,26). The molecular formula is C20H21N5O3. The van der Waals surface area contributed by atoms with Gasteiger partial charge < -0.3 is 20.3 Å². The minimum absolute atomic E-state index is 0.00221. The fraction of sp³-hybridized carbons (Fsp3) is 0.200. The van der Waals surface area contributed by atoms with Gasteiger partial charge in [-0.2, -0.15) is 4.98 Å². The van der Waals surface area contributed by atoms with Crippen LogP contribution in [0.4, 0.5) is 0 Å². The Morgan fingerprint density at radius 2 is 1.93 bits per heavy atom. The second kappa shape index (κ2) is 8.92. The molecule has 8 nitrogen and oxygen atoms in total. The minimum Gasteiger partial charge on any atom is -0.384 e. The summed E-state index contributed by atoms with van der Waals surface area (Å²) in [5.74, 6) is 0.122. The van der Waals surface area contributed by atoms with Gasteiger partial charge in [0.05, 0.1) is 0 Å². The van der Waals surface area contributed by atoms with Crippen molar-refractivity contribution in [2.75, 3.05) is 6.61 Å². The predicted octanol–water partition coefficient (Wildman–Crippen LogP) is 2.41. The number of rotatable bonds is 8. The maximum atomic E-state index is 12.6. The van der Waals surface area contributed by atoms with Gasteiger partial charge in [0.1, 0.15) is 5.84 Å². The molecule has 2 aromatic carbocycles. The quantitative estimate of drug-likeness (QED) is 0.407. The summed E-state index contributed by atoms with van der Waals surface area (Å²) in [5.41, 5.74) is 7.72. The molecule has 28 heavy (non-hydrogen) atoms. The van der Waals surface area contributed by atoms with Crippen LogP contribution in [0.15, 0.2) is 59.1 Å². The lowest BCUT2D eigenvalue weighted by molar-refractivity contribution is -0.134. The molecule has 0 fully saturated rings. The van der Waals surface area contributed by atoms with Crippen LogP contribution in [-0.2, 0) is 16.1 Å². The first-order valence-electron chi connectivity index (χ1n) is 8.80. The summed E-state index contributed by atoms with van der Waals surface area (Å²) in [6.45, 7) is 2.39. The molecule has 0 spiro atoms. The van der Waals surface area contributed by atoms with Crippen molar-refractivity contribution < 1.29 is 14.1 Å². The molecule has 1 heterocycles. The molecule has 4 N–H and O–H groups in total. The number of nitrogens with two attached hydrogens (primary N) is 1. The second-order valence-electron chi connectivity index (χ2n) is 5.99. The second-order valence-corrected chi connectivity index (χ2v) is 5.99. The summed E-state index contributed by atoms with van der Waals surface area (Å²) in [6.07, 6.45) is -0.994. The minimum atomic E-state index is -0.994. The highest BCUT2D eigenvalue weighted by molar-refractivity contribution is 5.94. The number of benzene rings is 2. The van der Waals surface area contributed by atoms with Crippen LogP contribution in [0.1, 0.15) is 30.0 Å². The van der Waals surface area contributed by atoms with E-state index in [1.54, 1.807) is 31.2 Å². The van der Waals surface area contributed by atoms with E-state index in [1.165, 1.54) is 0 Å². The Morgan fingerprint density at radius 3 is 2.57 bits per heavy atom. The van der Waals surface area contributed by atoms with E-state index < -0.39 is 6.10 Å². The van der Waals surface area contributed by atoms with Crippen LogP contribution in [0.3, 0.4) is 0 Å². The first-order chi connectivity index (χ1) is 13.6. The number of hydrogen-bond acceptors (Lipinski definition) is 6. The zero-order valence-electron chi connectivity index (χ0n) is 15.4. The Balaban J connectivity index is 1.68. The van der Waals surface area contributed by atoms with E-state index in [-0.39, 0.29) is 17.6 Å². The van der Waals surface area contributed by atoms with Crippen LogP contribution in [-0.4, -0.2) is 28.5 Å². The van der Waals surface area contributed by atoms with E-state index in [1.807, 2.05) is 30.3 Å². The van der Waals surface area contributed by atoms with Crippen molar-refractivity contribution in [2.24, 2.45) is 5.73 Å². The van der Waals surface area contributed by atoms with Gasteiger partial charge in [0.2, 0.25) is 11.9 Å². The fourth-order valence-corrected chi connectivity index (χ4v) is 2.56. The molecule has 3 rings (SSSR count). The summed E-state index contributed by atoms with van der Waals surface area (Å²) in [7, 11) is 0. The molecule has 0 bridgehead atoms. The first-order valence-corrected chi connectivity index (χ1v) is 8.80. The van der Waals surface area contributed by atoms with E-state index in [2.05, 4.69) is 15.5 Å². The van der Waals surface area contributed by atoms with Crippen LogP contribution in [0, 0.1) is 5.41 Å². The molecule has 1 aromatic heterocycles. The highest BCUT2D eigenvalue weighted by Crippen LogP contribution is 2.21. The van der Waals surface area contributed by atoms with Crippen molar-refractivity contribution in [3.63, 3.8) is 0 Å². The number of nitrogen functional groups attached to an aromatic ring is 1. The number of carbonyl (C=O) groups excluding carboxylic acids is 1. The number of ether oxygens (including phenoxy) is 1. The largest absolute Gasteiger partial charge is 0.384 e. The van der Waals surface area contributed by atoms with Crippen molar-refractivity contribution >= 4 is 11.7 Å². The lowest BCUT2D eigenvalue weighted by atomic mass is 10.1. The van der Waals surface area contributed by atoms with E-state index in [0.29, 0.717) is 24.5 Å². The monoisotopic (exact) mass is 379 g/mol. The molecule has 1 atom stereocenters. The number of nitrogens with zero attached hydrogens (tertiary/aromatic N) is 2. The van der Waals surface area contributed by atoms with Crippen LogP contribution in [0.2, 0.25) is 0 Å². The molecule has 3 aromatic rings. The predicted molar refractivity (Wildman–Crippen MR) is 103 cm³/mol. The lowest BCUT2D eigenvalue weighted by Crippen LogP contribution is -2.30. The third kappa shape index (κ3) is 4.60. The van der Waals surface area contributed by atoms with Gasteiger partial charge in [-0.05, 0) is 12.5 Å². The summed E-state index contributed by atoms with van der Waals surface area (Å²) in [5, 5.41) is 14.1. The molecule has 0 aliphatic rings. The maximum Gasteiger partial charge on any atom is 0.265 e. The average Bonchev–Trinajstić information content (AvgIpc) is 3.21. The highest BCUT2D eigenvalue weighted by atomic mass is 16.5. The summed E-state index contributed by atoms with van der Waals surface area (Å²) in [4.78, 5) is 16.9. The number of hydrogen-bond donors (Lipinski definition) is 3. The van der Waals surface area contributed by atoms with Crippen LogP contribution >= 0.6 is 0 Å². The molecule has 1 unspecified atom stereocenters. The lowest BCUT2D eigenvalue weighted by Gasteiger charge is -2.13. The van der Waals surface area contributed by atoms with E-state index in [9.17, 15) is 4.79 Å². The molecule has 0 saturated heterocycles. The SMILES string of the molecule is CCOC(C(=O)NCc1ccc(C(=N)N)cc1)c1nc(-c2ccccc2)no1. The third-order valence-electron chi connectivity index (χ3n) is 4.00. The summed E-state index contributed by atoms with van der Waals surface area (Å²) >= 11 is 0. The molecule has 0 saturated carbocycles. The maximum absolute atomic E-state index is 12.6. The molecule has 1 amide bonds. The molecular weight excluding hydrogens is 358 g/mol. The first kappa shape index (κ1) is 19.2. The third-order valence-corrected chi connectivity index (χ3v) is 4.00. The van der Waals surface area contributed by atoms with Gasteiger partial charge in [0, 0.05) is 24.3 Å². The number of carbonyl (C=O) groups is 1. The molecule has 0 aliphatic carbocycles. The molecule has 8 heteroatoms. The van der Waals surface area contributed by atoms with Crippen molar-refractivity contribution in [3.8, 4) is 11.4 Å². The van der Waals surface area contributed by atoms with Crippen molar-refractivity contribution in [1.82, 2.24) is 15.5 Å². The zero-order chi connectivity index (χ0) is 19.9. The van der Waals surface area contributed by atoms with Gasteiger partial charge in [0.25, 0.3) is 11.8 Å². The van der Waals surface area contributed by atoms with E-state index >= 15 is 0 Å². The van der Waals surface area contributed by atoms with Gasteiger partial charge in [-0.3, -0.25) is 10.2 Å². The number of amidine groups is 1. The smallest absolute Gasteiger partial charge is 0.265 e. The topological polar surface area (TPSA) is 127 Å². The van der Waals surface area contributed by atoms with Crippen molar-refractivity contribution in [3.05, 3.63) is 71.6 Å². The summed E-state index contributed by atoms with van der Waals surface area (Å²) < 4.78 is 10.8. The Bertz CT molecular complexity index is 938. The Labute approximate surface area is 162 Å². The van der Waals surface area contributed by atoms with E-state index in [4.69, 9.17) is 20.4 Å². The fourth-order valence-electron chi connectivity index (χ4n) is 2.56. The van der Waals surface area contributed by atoms with Gasteiger partial charge in [-0.1, -0.05) is 59.8 Å². The Hall–Kier alpha value is -3.52. The zero-order valence-corrected chi connectivity index (χ0v) is 15.4. The molecule has 0 radical (unpaired) electrons. The number of aromatic nitrogens is 2. The average molecular weight is 379 g/mol. The molecule has 144 valence electrons. The van der Waals surface area contributed by atoms with Crippen LogP contribution in [0.5, 0.6) is 0 Å². The van der Waals surface area contributed by atoms with Crippen molar-refractivity contribution in [2.45, 2.75) is 19.6 Å². The highest BCUT2D eigenvalue weighted by Gasteiger charge is 2.27.